The van der Waals surface area contributed by atoms with Gasteiger partial charge in [0.05, 0.1) is 29.3 Å². The van der Waals surface area contributed by atoms with Crippen LogP contribution in [0.4, 0.5) is 14.6 Å². The standard InChI is InChI=1S/C18H15F2N5OS/c19-10-6-12-13(7-11(10)20)23-17(8-21-12)25-9-1-2-15(25)14(5-9)24-18(26)16-3-4-22-27-16/h3-4,6-9,14-15H,1-2,5H2,(H,24,26)/t9-,14+,15+/m1/s1. The van der Waals surface area contributed by atoms with Crippen LogP contribution in [0.15, 0.2) is 30.6 Å². The average molecular weight is 387 g/mol. The van der Waals surface area contributed by atoms with Crippen molar-refractivity contribution in [2.45, 2.75) is 37.4 Å². The maximum atomic E-state index is 13.6. The van der Waals surface area contributed by atoms with Crippen LogP contribution in [0.3, 0.4) is 0 Å². The highest BCUT2D eigenvalue weighted by molar-refractivity contribution is 7.08. The van der Waals surface area contributed by atoms with Gasteiger partial charge in [-0.15, -0.1) is 0 Å². The van der Waals surface area contributed by atoms with Crippen molar-refractivity contribution in [3.8, 4) is 0 Å². The van der Waals surface area contributed by atoms with E-state index in [1.807, 2.05) is 0 Å². The minimum absolute atomic E-state index is 0.0146. The molecule has 2 fully saturated rings. The van der Waals surface area contributed by atoms with Crippen molar-refractivity contribution in [1.29, 1.82) is 0 Å². The Bertz CT molecular complexity index is 1030. The van der Waals surface area contributed by atoms with Crippen LogP contribution in [0.2, 0.25) is 0 Å². The molecule has 3 aromatic rings. The first-order valence-electron chi connectivity index (χ1n) is 8.72. The number of nitrogens with zero attached hydrogens (tertiary/aromatic N) is 4. The molecule has 2 saturated heterocycles. The first-order valence-corrected chi connectivity index (χ1v) is 9.49. The number of anilines is 1. The van der Waals surface area contributed by atoms with Crippen LogP contribution in [0.5, 0.6) is 0 Å². The van der Waals surface area contributed by atoms with E-state index in [0.717, 1.165) is 31.4 Å². The number of carbonyl (C=O) groups is 1. The highest BCUT2D eigenvalue weighted by Gasteiger charge is 2.47. The van der Waals surface area contributed by atoms with Gasteiger partial charge in [-0.05, 0) is 36.9 Å². The molecular weight excluding hydrogens is 372 g/mol. The Morgan fingerprint density at radius 1 is 1.22 bits per heavy atom. The fourth-order valence-corrected chi connectivity index (χ4v) is 4.69. The molecule has 0 unspecified atom stereocenters. The Morgan fingerprint density at radius 2 is 2.04 bits per heavy atom. The molecule has 3 atom stereocenters. The summed E-state index contributed by atoms with van der Waals surface area (Å²) in [5.41, 5.74) is 0.641. The van der Waals surface area contributed by atoms with Crippen LogP contribution in [0.1, 0.15) is 28.9 Å². The van der Waals surface area contributed by atoms with Gasteiger partial charge in [-0.25, -0.2) is 18.1 Å². The predicted octanol–water partition coefficient (Wildman–Crippen LogP) is 2.90. The van der Waals surface area contributed by atoms with E-state index >= 15 is 0 Å². The zero-order valence-corrected chi connectivity index (χ0v) is 14.9. The number of carbonyl (C=O) groups excluding carboxylic acids is 1. The van der Waals surface area contributed by atoms with E-state index in [-0.39, 0.29) is 24.0 Å². The summed E-state index contributed by atoms with van der Waals surface area (Å²) in [7, 11) is 0. The highest BCUT2D eigenvalue weighted by atomic mass is 32.1. The normalized spacial score (nSPS) is 23.9. The number of aromatic nitrogens is 3. The monoisotopic (exact) mass is 387 g/mol. The Labute approximate surface area is 157 Å². The second-order valence-corrected chi connectivity index (χ2v) is 7.71. The van der Waals surface area contributed by atoms with Crippen LogP contribution in [-0.2, 0) is 0 Å². The lowest BCUT2D eigenvalue weighted by Crippen LogP contribution is -2.44. The Balaban J connectivity index is 1.42. The smallest absolute Gasteiger partial charge is 0.263 e. The zero-order valence-electron chi connectivity index (χ0n) is 14.1. The molecular formula is C18H15F2N5OS. The molecule has 0 spiro atoms. The van der Waals surface area contributed by atoms with Crippen LogP contribution in [0, 0.1) is 11.6 Å². The lowest BCUT2D eigenvalue weighted by molar-refractivity contribution is 0.0935. The molecule has 9 heteroatoms. The van der Waals surface area contributed by atoms with Crippen molar-refractivity contribution >= 4 is 34.3 Å². The molecule has 2 bridgehead atoms. The molecule has 1 amide bonds. The number of hydrogen-bond donors (Lipinski definition) is 1. The number of benzene rings is 1. The van der Waals surface area contributed by atoms with Gasteiger partial charge in [0.15, 0.2) is 11.6 Å². The Kier molecular flexibility index (Phi) is 3.78. The number of rotatable bonds is 3. The summed E-state index contributed by atoms with van der Waals surface area (Å²) in [5, 5.41) is 3.10. The van der Waals surface area contributed by atoms with Gasteiger partial charge in [0.2, 0.25) is 0 Å². The van der Waals surface area contributed by atoms with Crippen LogP contribution >= 0.6 is 11.5 Å². The van der Waals surface area contributed by atoms with Gasteiger partial charge < -0.3 is 10.2 Å². The van der Waals surface area contributed by atoms with E-state index in [4.69, 9.17) is 0 Å². The fourth-order valence-electron chi connectivity index (χ4n) is 4.20. The molecule has 1 aromatic carbocycles. The molecule has 2 aliphatic rings. The van der Waals surface area contributed by atoms with E-state index in [1.54, 1.807) is 18.5 Å². The number of nitrogens with one attached hydrogen (secondary N) is 1. The summed E-state index contributed by atoms with van der Waals surface area (Å²) >= 11 is 1.17. The van der Waals surface area contributed by atoms with Crippen LogP contribution < -0.4 is 10.2 Å². The predicted molar refractivity (Wildman–Crippen MR) is 96.7 cm³/mol. The molecule has 0 saturated carbocycles. The Morgan fingerprint density at radius 3 is 2.81 bits per heavy atom. The number of halogens is 2. The van der Waals surface area contributed by atoms with Crippen molar-refractivity contribution in [2.75, 3.05) is 4.90 Å². The first kappa shape index (κ1) is 16.5. The molecule has 2 aliphatic heterocycles. The third-order valence-electron chi connectivity index (χ3n) is 5.35. The maximum absolute atomic E-state index is 13.6. The third kappa shape index (κ3) is 2.73. The van der Waals surface area contributed by atoms with Crippen LogP contribution in [-0.4, -0.2) is 38.4 Å². The van der Waals surface area contributed by atoms with E-state index < -0.39 is 11.6 Å². The first-order chi connectivity index (χ1) is 13.1. The lowest BCUT2D eigenvalue weighted by Gasteiger charge is -2.25. The van der Waals surface area contributed by atoms with E-state index in [2.05, 4.69) is 24.6 Å². The van der Waals surface area contributed by atoms with Crippen molar-refractivity contribution in [1.82, 2.24) is 19.7 Å². The molecule has 138 valence electrons. The minimum Gasteiger partial charge on any atom is -0.347 e. The number of hydrogen-bond acceptors (Lipinski definition) is 6. The topological polar surface area (TPSA) is 71.0 Å². The molecule has 1 N–H and O–H groups in total. The minimum atomic E-state index is -0.937. The summed E-state index contributed by atoms with van der Waals surface area (Å²) in [4.78, 5) is 23.9. The number of fused-ring (bicyclic) bond motifs is 3. The summed E-state index contributed by atoms with van der Waals surface area (Å²) in [6, 6.07) is 4.21. The largest absolute Gasteiger partial charge is 0.347 e. The SMILES string of the molecule is O=C(N[C@H]1C[C@H]2CC[C@@H]1N2c1cnc2cc(F)c(F)cc2n1)c1ccns1. The number of amides is 1. The summed E-state index contributed by atoms with van der Waals surface area (Å²) < 4.78 is 30.9. The van der Waals surface area contributed by atoms with Crippen molar-refractivity contribution in [2.24, 2.45) is 0 Å². The molecule has 0 aliphatic carbocycles. The van der Waals surface area contributed by atoms with Crippen molar-refractivity contribution in [3.05, 3.63) is 47.1 Å². The van der Waals surface area contributed by atoms with Gasteiger partial charge >= 0.3 is 0 Å². The molecule has 4 heterocycles. The zero-order chi connectivity index (χ0) is 18.5. The van der Waals surface area contributed by atoms with E-state index in [9.17, 15) is 13.6 Å². The molecule has 2 aromatic heterocycles. The average Bonchev–Trinajstić information content (AvgIpc) is 3.38. The third-order valence-corrected chi connectivity index (χ3v) is 6.10. The van der Waals surface area contributed by atoms with E-state index in [1.165, 1.54) is 11.5 Å². The molecule has 5 rings (SSSR count). The van der Waals surface area contributed by atoms with Gasteiger partial charge in [-0.2, -0.15) is 0 Å². The van der Waals surface area contributed by atoms with Gasteiger partial charge in [0, 0.05) is 24.4 Å². The second-order valence-electron chi connectivity index (χ2n) is 6.88. The second kappa shape index (κ2) is 6.19. The summed E-state index contributed by atoms with van der Waals surface area (Å²) in [6.07, 6.45) is 5.98. The van der Waals surface area contributed by atoms with Gasteiger partial charge in [0.25, 0.3) is 5.91 Å². The maximum Gasteiger partial charge on any atom is 0.263 e. The molecule has 27 heavy (non-hydrogen) atoms. The van der Waals surface area contributed by atoms with Crippen LogP contribution in [0.25, 0.3) is 11.0 Å². The Hall–Kier alpha value is -2.68. The summed E-state index contributed by atoms with van der Waals surface area (Å²) in [6.45, 7) is 0. The fraction of sp³-hybridized carbons (Fsp3) is 0.333. The molecule has 0 radical (unpaired) electrons. The quantitative estimate of drug-likeness (QED) is 0.748. The molecule has 6 nitrogen and oxygen atoms in total. The van der Waals surface area contributed by atoms with Crippen molar-refractivity contribution < 1.29 is 13.6 Å². The lowest BCUT2D eigenvalue weighted by atomic mass is 9.95. The van der Waals surface area contributed by atoms with Gasteiger partial charge in [-0.3, -0.25) is 9.78 Å². The van der Waals surface area contributed by atoms with E-state index in [0.29, 0.717) is 21.7 Å². The summed E-state index contributed by atoms with van der Waals surface area (Å²) in [5.74, 6) is -1.35. The van der Waals surface area contributed by atoms with Crippen molar-refractivity contribution in [3.63, 3.8) is 0 Å². The van der Waals surface area contributed by atoms with Gasteiger partial charge in [-0.1, -0.05) is 0 Å². The highest BCUT2D eigenvalue weighted by Crippen LogP contribution is 2.40. The van der Waals surface area contributed by atoms with Gasteiger partial charge in [0.1, 0.15) is 10.7 Å².